The van der Waals surface area contributed by atoms with E-state index in [1.807, 2.05) is 6.92 Å². The molecule has 6 heteroatoms. The van der Waals surface area contributed by atoms with E-state index in [0.29, 0.717) is 6.54 Å². The number of phenols is 1. The van der Waals surface area contributed by atoms with E-state index < -0.39 is 5.97 Å². The third-order valence-electron chi connectivity index (χ3n) is 2.64. The van der Waals surface area contributed by atoms with Crippen molar-refractivity contribution in [3.05, 3.63) is 23.8 Å². The van der Waals surface area contributed by atoms with Gasteiger partial charge in [-0.25, -0.2) is 4.79 Å². The number of nitrogens with one attached hydrogen (secondary N) is 2. The van der Waals surface area contributed by atoms with E-state index in [4.69, 9.17) is 5.11 Å². The fourth-order valence-corrected chi connectivity index (χ4v) is 1.53. The van der Waals surface area contributed by atoms with Crippen LogP contribution in [0, 0.1) is 5.92 Å². The van der Waals surface area contributed by atoms with E-state index >= 15 is 0 Å². The van der Waals surface area contributed by atoms with Gasteiger partial charge in [-0.2, -0.15) is 0 Å². The van der Waals surface area contributed by atoms with Gasteiger partial charge in [0.05, 0.1) is 11.3 Å². The first kappa shape index (κ1) is 15.0. The number of hydrogen-bond acceptors (Lipinski definition) is 4. The average molecular weight is 266 g/mol. The molecule has 0 aliphatic heterocycles. The third-order valence-corrected chi connectivity index (χ3v) is 2.64. The first-order valence-corrected chi connectivity index (χ1v) is 6.03. The van der Waals surface area contributed by atoms with Crippen molar-refractivity contribution >= 4 is 17.6 Å². The van der Waals surface area contributed by atoms with E-state index in [9.17, 15) is 14.7 Å². The minimum atomic E-state index is -1.20. The lowest BCUT2D eigenvalue weighted by Gasteiger charge is -2.14. The maximum absolute atomic E-state index is 11.9. The van der Waals surface area contributed by atoms with Crippen LogP contribution in [0.1, 0.15) is 24.2 Å². The minimum Gasteiger partial charge on any atom is -0.508 e. The standard InChI is InChI=1S/C13H18N2O4/c1-3-14-7-8(2)12(17)15-11-5-4-9(16)6-10(11)13(18)19/h4-6,8,14,16H,3,7H2,1-2H3,(H,15,17)(H,18,19). The third kappa shape index (κ3) is 4.26. The van der Waals surface area contributed by atoms with E-state index in [2.05, 4.69) is 10.6 Å². The molecule has 0 bridgehead atoms. The van der Waals surface area contributed by atoms with Crippen LogP contribution in [-0.4, -0.2) is 35.2 Å². The highest BCUT2D eigenvalue weighted by Gasteiger charge is 2.17. The van der Waals surface area contributed by atoms with E-state index in [1.54, 1.807) is 6.92 Å². The molecule has 0 fully saturated rings. The molecule has 104 valence electrons. The molecule has 1 unspecified atom stereocenters. The van der Waals surface area contributed by atoms with Crippen LogP contribution in [-0.2, 0) is 4.79 Å². The molecule has 0 aliphatic rings. The van der Waals surface area contributed by atoms with Crippen LogP contribution < -0.4 is 10.6 Å². The number of carbonyl (C=O) groups excluding carboxylic acids is 1. The maximum atomic E-state index is 11.9. The molecule has 6 nitrogen and oxygen atoms in total. The van der Waals surface area contributed by atoms with Crippen molar-refractivity contribution in [2.45, 2.75) is 13.8 Å². The highest BCUT2D eigenvalue weighted by molar-refractivity contribution is 6.01. The fourth-order valence-electron chi connectivity index (χ4n) is 1.53. The smallest absolute Gasteiger partial charge is 0.337 e. The number of amides is 1. The number of phenolic OH excluding ortho intramolecular Hbond substituents is 1. The molecule has 0 aliphatic carbocycles. The molecule has 0 spiro atoms. The molecule has 0 aromatic heterocycles. The molecule has 0 saturated carbocycles. The van der Waals surface area contributed by atoms with Crippen molar-refractivity contribution in [2.24, 2.45) is 5.92 Å². The summed E-state index contributed by atoms with van der Waals surface area (Å²) < 4.78 is 0. The van der Waals surface area contributed by atoms with Crippen LogP contribution in [0.3, 0.4) is 0 Å². The summed E-state index contributed by atoms with van der Waals surface area (Å²) in [5.74, 6) is -1.91. The second-order valence-corrected chi connectivity index (χ2v) is 4.23. The van der Waals surface area contributed by atoms with Gasteiger partial charge >= 0.3 is 5.97 Å². The Morgan fingerprint density at radius 3 is 2.63 bits per heavy atom. The Labute approximate surface area is 111 Å². The van der Waals surface area contributed by atoms with Crippen LogP contribution in [0.15, 0.2) is 18.2 Å². The number of aromatic hydroxyl groups is 1. The lowest BCUT2D eigenvalue weighted by Crippen LogP contribution is -2.30. The lowest BCUT2D eigenvalue weighted by molar-refractivity contribution is -0.119. The van der Waals surface area contributed by atoms with Gasteiger partial charge in [-0.1, -0.05) is 13.8 Å². The van der Waals surface area contributed by atoms with Crippen molar-refractivity contribution in [3.8, 4) is 5.75 Å². The number of carboxylic acids is 1. The molecular formula is C13H18N2O4. The lowest BCUT2D eigenvalue weighted by atomic mass is 10.1. The highest BCUT2D eigenvalue weighted by atomic mass is 16.4. The van der Waals surface area contributed by atoms with Gasteiger partial charge in [-0.3, -0.25) is 4.79 Å². The number of aromatic carboxylic acids is 1. The number of hydrogen-bond donors (Lipinski definition) is 4. The molecule has 19 heavy (non-hydrogen) atoms. The second-order valence-electron chi connectivity index (χ2n) is 4.23. The summed E-state index contributed by atoms with van der Waals surface area (Å²) >= 11 is 0. The summed E-state index contributed by atoms with van der Waals surface area (Å²) in [6, 6.07) is 3.81. The highest BCUT2D eigenvalue weighted by Crippen LogP contribution is 2.21. The number of carboxylic acid groups (broad SMARTS) is 1. The van der Waals surface area contributed by atoms with Crippen molar-refractivity contribution in [1.82, 2.24) is 5.32 Å². The minimum absolute atomic E-state index is 0.135. The van der Waals surface area contributed by atoms with Crippen LogP contribution in [0.2, 0.25) is 0 Å². The van der Waals surface area contributed by atoms with Gasteiger partial charge in [0.2, 0.25) is 5.91 Å². The molecule has 1 aromatic rings. The molecular weight excluding hydrogens is 248 g/mol. The predicted octanol–water partition coefficient (Wildman–Crippen LogP) is 1.27. The molecule has 1 atom stereocenters. The number of anilines is 1. The van der Waals surface area contributed by atoms with E-state index in [1.165, 1.54) is 12.1 Å². The summed E-state index contributed by atoms with van der Waals surface area (Å²) in [4.78, 5) is 22.9. The molecule has 0 heterocycles. The van der Waals surface area contributed by atoms with Crippen molar-refractivity contribution in [2.75, 3.05) is 18.4 Å². The molecule has 1 amide bonds. The van der Waals surface area contributed by atoms with Gasteiger partial charge in [0, 0.05) is 12.5 Å². The monoisotopic (exact) mass is 266 g/mol. The Morgan fingerprint density at radius 1 is 1.37 bits per heavy atom. The van der Waals surface area contributed by atoms with Gasteiger partial charge in [0.15, 0.2) is 0 Å². The topological polar surface area (TPSA) is 98.7 Å². The van der Waals surface area contributed by atoms with Gasteiger partial charge in [-0.15, -0.1) is 0 Å². The zero-order valence-corrected chi connectivity index (χ0v) is 10.9. The summed E-state index contributed by atoms with van der Waals surface area (Å²) in [5.41, 5.74) is 0.0441. The van der Waals surface area contributed by atoms with Gasteiger partial charge < -0.3 is 20.8 Å². The Morgan fingerprint density at radius 2 is 2.05 bits per heavy atom. The van der Waals surface area contributed by atoms with Crippen LogP contribution in [0.5, 0.6) is 5.75 Å². The first-order chi connectivity index (χ1) is 8.95. The molecule has 0 saturated heterocycles. The van der Waals surface area contributed by atoms with Crippen molar-refractivity contribution in [1.29, 1.82) is 0 Å². The zero-order chi connectivity index (χ0) is 14.4. The second kappa shape index (κ2) is 6.75. The van der Waals surface area contributed by atoms with E-state index in [-0.39, 0.29) is 28.8 Å². The van der Waals surface area contributed by atoms with Crippen molar-refractivity contribution in [3.63, 3.8) is 0 Å². The fraction of sp³-hybridized carbons (Fsp3) is 0.385. The van der Waals surface area contributed by atoms with Crippen molar-refractivity contribution < 1.29 is 19.8 Å². The quantitative estimate of drug-likeness (QED) is 0.581. The van der Waals surface area contributed by atoms with E-state index in [0.717, 1.165) is 12.6 Å². The molecule has 4 N–H and O–H groups in total. The Balaban J connectivity index is 2.81. The number of rotatable bonds is 6. The van der Waals surface area contributed by atoms with Crippen LogP contribution in [0.25, 0.3) is 0 Å². The first-order valence-electron chi connectivity index (χ1n) is 6.03. The van der Waals surface area contributed by atoms with Gasteiger partial charge in [0.25, 0.3) is 0 Å². The molecule has 1 rings (SSSR count). The Kier molecular flexibility index (Phi) is 5.32. The molecule has 0 radical (unpaired) electrons. The zero-order valence-electron chi connectivity index (χ0n) is 10.9. The average Bonchev–Trinajstić information content (AvgIpc) is 2.37. The van der Waals surface area contributed by atoms with Crippen LogP contribution in [0.4, 0.5) is 5.69 Å². The summed E-state index contributed by atoms with van der Waals surface area (Å²) in [7, 11) is 0. The van der Waals surface area contributed by atoms with Gasteiger partial charge in [-0.05, 0) is 24.7 Å². The SMILES string of the molecule is CCNCC(C)C(=O)Nc1ccc(O)cc1C(=O)O. The molecule has 1 aromatic carbocycles. The maximum Gasteiger partial charge on any atom is 0.337 e. The summed E-state index contributed by atoms with van der Waals surface area (Å²) in [6.07, 6.45) is 0. The normalized spacial score (nSPS) is 11.9. The predicted molar refractivity (Wildman–Crippen MR) is 71.4 cm³/mol. The summed E-state index contributed by atoms with van der Waals surface area (Å²) in [5, 5.41) is 23.9. The Hall–Kier alpha value is -2.08. The largest absolute Gasteiger partial charge is 0.508 e. The van der Waals surface area contributed by atoms with Crippen LogP contribution >= 0.6 is 0 Å². The summed E-state index contributed by atoms with van der Waals surface area (Å²) in [6.45, 7) is 4.96. The number of carbonyl (C=O) groups is 2. The number of benzene rings is 1. The van der Waals surface area contributed by atoms with Gasteiger partial charge in [0.1, 0.15) is 5.75 Å². The Bertz CT molecular complexity index is 474.